The van der Waals surface area contributed by atoms with Crippen LogP contribution >= 0.6 is 0 Å². The third-order valence-corrected chi connectivity index (χ3v) is 5.67. The van der Waals surface area contributed by atoms with Crippen LogP contribution in [0.4, 0.5) is 32.2 Å². The first-order valence-corrected chi connectivity index (χ1v) is 10.7. The van der Waals surface area contributed by atoms with Crippen LogP contribution in [0.15, 0.2) is 29.2 Å². The molecule has 1 amide bonds. The number of aromatic nitrogens is 2. The second-order valence-electron chi connectivity index (χ2n) is 8.70. The Labute approximate surface area is 200 Å². The van der Waals surface area contributed by atoms with Crippen LogP contribution in [-0.2, 0) is 4.74 Å². The summed E-state index contributed by atoms with van der Waals surface area (Å²) in [6, 6.07) is 1.49. The predicted octanol–water partition coefficient (Wildman–Crippen LogP) is 3.55. The van der Waals surface area contributed by atoms with Crippen molar-refractivity contribution in [3.63, 3.8) is 0 Å². The maximum atomic E-state index is 15.0. The number of carbonyl (C=O) groups excluding carboxylic acids is 1. The van der Waals surface area contributed by atoms with Gasteiger partial charge in [0.15, 0.2) is 28.9 Å². The molecule has 0 spiro atoms. The van der Waals surface area contributed by atoms with Crippen LogP contribution in [0.2, 0.25) is 0 Å². The molecule has 0 bridgehead atoms. The van der Waals surface area contributed by atoms with E-state index in [9.17, 15) is 31.5 Å². The van der Waals surface area contributed by atoms with Gasteiger partial charge in [0, 0.05) is 31.4 Å². The minimum absolute atomic E-state index is 0.238. The largest absolute Gasteiger partial charge is 0.378 e. The molecule has 1 saturated heterocycles. The van der Waals surface area contributed by atoms with Crippen LogP contribution in [0.3, 0.4) is 0 Å². The number of nitrogens with one attached hydrogen (secondary N) is 1. The third kappa shape index (κ3) is 4.62. The zero-order valence-electron chi connectivity index (χ0n) is 19.0. The Bertz CT molecular complexity index is 1380. The van der Waals surface area contributed by atoms with E-state index in [4.69, 9.17) is 4.74 Å². The van der Waals surface area contributed by atoms with Crippen molar-refractivity contribution in [2.75, 3.05) is 31.2 Å². The normalized spacial score (nSPS) is 14.5. The van der Waals surface area contributed by atoms with Crippen LogP contribution in [0.25, 0.3) is 16.7 Å². The van der Waals surface area contributed by atoms with Crippen molar-refractivity contribution in [3.05, 3.63) is 63.5 Å². The minimum Gasteiger partial charge on any atom is -0.378 e. The summed E-state index contributed by atoms with van der Waals surface area (Å²) in [6.07, 6.45) is -2.32. The number of amides is 1. The van der Waals surface area contributed by atoms with Crippen LogP contribution in [0.1, 0.15) is 24.2 Å². The molecule has 0 atom stereocenters. The number of hydrogen-bond donors (Lipinski definition) is 1. The van der Waals surface area contributed by atoms with Crippen LogP contribution < -0.4 is 15.6 Å². The molecule has 36 heavy (non-hydrogen) atoms. The van der Waals surface area contributed by atoms with Crippen molar-refractivity contribution >= 4 is 22.8 Å². The van der Waals surface area contributed by atoms with Gasteiger partial charge in [0.1, 0.15) is 17.1 Å². The smallest absolute Gasteiger partial charge is 0.260 e. The zero-order chi connectivity index (χ0) is 26.4. The van der Waals surface area contributed by atoms with Gasteiger partial charge >= 0.3 is 0 Å². The lowest BCUT2D eigenvalue weighted by atomic mass is 10.1. The average Bonchev–Trinajstić information content (AvgIpc) is 2.79. The van der Waals surface area contributed by atoms with Crippen molar-refractivity contribution in [2.24, 2.45) is 0 Å². The maximum absolute atomic E-state index is 15.0. The van der Waals surface area contributed by atoms with Crippen LogP contribution in [-0.4, -0.2) is 53.7 Å². The summed E-state index contributed by atoms with van der Waals surface area (Å²) in [4.78, 5) is 31.5. The first-order chi connectivity index (χ1) is 16.9. The Hall–Kier alpha value is -3.61. The molecule has 0 unspecified atom stereocenters. The summed E-state index contributed by atoms with van der Waals surface area (Å²) >= 11 is 0. The molecule has 3 heterocycles. The zero-order valence-corrected chi connectivity index (χ0v) is 19.0. The standard InChI is InChI=1S/C23H20F6N4O3/c1-23(2,22(28)29)31-21(35)13-10-33(17-14(25)7-11(24)8-15(17)26)19-12(18(13)34)9-16(27)20(30-19)32-3-5-36-6-4-32/h7-10,22H,3-6H2,1-2H3,(H,31,35). The summed E-state index contributed by atoms with van der Waals surface area (Å²) in [5.41, 5.74) is -5.32. The molecule has 1 N–H and O–H groups in total. The van der Waals surface area contributed by atoms with Crippen LogP contribution in [0.5, 0.6) is 0 Å². The number of ether oxygens (including phenoxy) is 1. The highest BCUT2D eigenvalue weighted by atomic mass is 19.3. The quantitative estimate of drug-likeness (QED) is 0.528. The number of alkyl halides is 2. The van der Waals surface area contributed by atoms with Gasteiger partial charge in [-0.25, -0.2) is 31.3 Å². The second-order valence-corrected chi connectivity index (χ2v) is 8.70. The molecular weight excluding hydrogens is 494 g/mol. The Morgan fingerprint density at radius 2 is 1.67 bits per heavy atom. The molecule has 3 aromatic rings. The van der Waals surface area contributed by atoms with Gasteiger partial charge in [0.05, 0.1) is 24.1 Å². The molecule has 1 aliphatic rings. The molecule has 4 rings (SSSR count). The molecule has 0 saturated carbocycles. The molecule has 1 aliphatic heterocycles. The second kappa shape index (κ2) is 9.45. The van der Waals surface area contributed by atoms with E-state index in [1.807, 2.05) is 5.32 Å². The summed E-state index contributed by atoms with van der Waals surface area (Å²) in [6.45, 7) is 3.00. The van der Waals surface area contributed by atoms with Crippen molar-refractivity contribution in [1.82, 2.24) is 14.9 Å². The Morgan fingerprint density at radius 3 is 2.25 bits per heavy atom. The fraction of sp³-hybridized carbons (Fsp3) is 0.348. The summed E-state index contributed by atoms with van der Waals surface area (Å²) in [7, 11) is 0. The minimum atomic E-state index is -3.02. The number of nitrogens with zero attached hydrogens (tertiary/aromatic N) is 3. The number of halogens is 6. The number of fused-ring (bicyclic) bond motifs is 1. The molecule has 13 heteroatoms. The van der Waals surface area contributed by atoms with E-state index in [-0.39, 0.29) is 32.1 Å². The first kappa shape index (κ1) is 25.5. The van der Waals surface area contributed by atoms with Gasteiger partial charge < -0.3 is 15.0 Å². The van der Waals surface area contributed by atoms with Crippen LogP contribution in [0, 0.1) is 23.3 Å². The maximum Gasteiger partial charge on any atom is 0.260 e. The number of benzene rings is 1. The lowest BCUT2D eigenvalue weighted by Crippen LogP contribution is -2.50. The molecule has 1 fully saturated rings. The van der Waals surface area contributed by atoms with E-state index in [0.29, 0.717) is 22.9 Å². The number of hydrogen-bond acceptors (Lipinski definition) is 5. The van der Waals surface area contributed by atoms with E-state index in [0.717, 1.165) is 19.9 Å². The molecule has 0 aliphatic carbocycles. The average molecular weight is 514 g/mol. The fourth-order valence-corrected chi connectivity index (χ4v) is 3.72. The van der Waals surface area contributed by atoms with Gasteiger partial charge in [0.2, 0.25) is 5.43 Å². The molecular formula is C23H20F6N4O3. The number of morpholine rings is 1. The van der Waals surface area contributed by atoms with Gasteiger partial charge in [0.25, 0.3) is 12.3 Å². The highest BCUT2D eigenvalue weighted by Gasteiger charge is 2.33. The van der Waals surface area contributed by atoms with E-state index >= 15 is 4.39 Å². The highest BCUT2D eigenvalue weighted by molar-refractivity contribution is 5.97. The van der Waals surface area contributed by atoms with Gasteiger partial charge in [-0.15, -0.1) is 0 Å². The van der Waals surface area contributed by atoms with Crippen molar-refractivity contribution < 1.29 is 35.9 Å². The lowest BCUT2D eigenvalue weighted by molar-refractivity contribution is 0.0447. The Morgan fingerprint density at radius 1 is 1.06 bits per heavy atom. The number of rotatable bonds is 5. The number of anilines is 1. The van der Waals surface area contributed by atoms with Crippen molar-refractivity contribution in [1.29, 1.82) is 0 Å². The predicted molar refractivity (Wildman–Crippen MR) is 118 cm³/mol. The van der Waals surface area contributed by atoms with E-state index in [1.165, 1.54) is 4.90 Å². The highest BCUT2D eigenvalue weighted by Crippen LogP contribution is 2.27. The van der Waals surface area contributed by atoms with Gasteiger partial charge in [-0.1, -0.05) is 0 Å². The molecule has 0 radical (unpaired) electrons. The summed E-state index contributed by atoms with van der Waals surface area (Å²) in [5, 5.41) is 1.44. The van der Waals surface area contributed by atoms with E-state index < -0.39 is 68.9 Å². The molecule has 2 aromatic heterocycles. The van der Waals surface area contributed by atoms with E-state index in [1.54, 1.807) is 0 Å². The fourth-order valence-electron chi connectivity index (χ4n) is 3.72. The summed E-state index contributed by atoms with van der Waals surface area (Å²) < 4.78 is 90.6. The van der Waals surface area contributed by atoms with Gasteiger partial charge in [-0.2, -0.15) is 0 Å². The van der Waals surface area contributed by atoms with Gasteiger partial charge in [-0.3, -0.25) is 14.2 Å². The third-order valence-electron chi connectivity index (χ3n) is 5.67. The van der Waals surface area contributed by atoms with Gasteiger partial charge in [-0.05, 0) is 19.9 Å². The topological polar surface area (TPSA) is 76.5 Å². The Balaban J connectivity index is 2.01. The van der Waals surface area contributed by atoms with Crippen molar-refractivity contribution in [2.45, 2.75) is 25.8 Å². The number of carbonyl (C=O) groups is 1. The molecule has 7 nitrogen and oxygen atoms in total. The van der Waals surface area contributed by atoms with E-state index in [2.05, 4.69) is 4.98 Å². The molecule has 192 valence electrons. The number of pyridine rings is 2. The SMILES string of the molecule is CC(C)(NC(=O)c1cn(-c2c(F)cc(F)cc2F)c2nc(N3CCOCC3)c(F)cc2c1=O)C(F)F. The summed E-state index contributed by atoms with van der Waals surface area (Å²) in [5.74, 6) is -6.53. The monoisotopic (exact) mass is 514 g/mol. The lowest BCUT2D eigenvalue weighted by Gasteiger charge is -2.28. The first-order valence-electron chi connectivity index (χ1n) is 10.7. The molecule has 1 aromatic carbocycles. The Kier molecular flexibility index (Phi) is 6.69. The van der Waals surface area contributed by atoms with Crippen molar-refractivity contribution in [3.8, 4) is 5.69 Å².